The number of benzene rings is 1. The molecule has 0 aliphatic carbocycles. The number of aryl methyl sites for hydroxylation is 1. The lowest BCUT2D eigenvalue weighted by Crippen LogP contribution is -2.32. The summed E-state index contributed by atoms with van der Waals surface area (Å²) in [6.45, 7) is 5.41. The molecule has 0 spiro atoms. The first-order valence-electron chi connectivity index (χ1n) is 5.26. The normalized spacial score (nSPS) is 13.7. The molecule has 0 unspecified atom stereocenters. The zero-order valence-electron chi connectivity index (χ0n) is 9.92. The fourth-order valence-corrected chi connectivity index (χ4v) is 3.35. The summed E-state index contributed by atoms with van der Waals surface area (Å²) in [7, 11) is -3.53. The van der Waals surface area contributed by atoms with Gasteiger partial charge >= 0.3 is 0 Å². The highest BCUT2D eigenvalue weighted by atomic mass is 35.5. The summed E-state index contributed by atoms with van der Waals surface area (Å²) in [6, 6.07) is 2.81. The monoisotopic (exact) mass is 295 g/mol. The summed E-state index contributed by atoms with van der Waals surface area (Å²) in [4.78, 5) is 0.173. The molecular formula is C11H15Cl2NO2S. The lowest BCUT2D eigenvalue weighted by Gasteiger charge is -2.14. The summed E-state index contributed by atoms with van der Waals surface area (Å²) in [5.74, 6) is 0. The first-order valence-corrected chi connectivity index (χ1v) is 7.49. The summed E-state index contributed by atoms with van der Waals surface area (Å²) in [6.07, 6.45) is 0.722. The van der Waals surface area contributed by atoms with Crippen molar-refractivity contribution in [1.82, 2.24) is 4.72 Å². The first-order chi connectivity index (χ1) is 7.77. The SMILES string of the molecule is CC[C@H](C)NS(=O)(=O)c1cc(Cl)c(Cl)cc1C. The van der Waals surface area contributed by atoms with Gasteiger partial charge in [-0.3, -0.25) is 0 Å². The smallest absolute Gasteiger partial charge is 0.208 e. The number of sulfonamides is 1. The van der Waals surface area contributed by atoms with E-state index in [4.69, 9.17) is 23.2 Å². The van der Waals surface area contributed by atoms with Gasteiger partial charge in [0.05, 0.1) is 14.9 Å². The predicted molar refractivity (Wildman–Crippen MR) is 71.3 cm³/mol. The number of rotatable bonds is 4. The quantitative estimate of drug-likeness (QED) is 0.926. The average molecular weight is 296 g/mol. The number of nitrogens with one attached hydrogen (secondary N) is 1. The van der Waals surface area contributed by atoms with Gasteiger partial charge in [0, 0.05) is 6.04 Å². The Bertz CT molecular complexity index is 514. The Labute approximate surface area is 112 Å². The molecule has 0 radical (unpaired) electrons. The molecule has 96 valence electrons. The van der Waals surface area contributed by atoms with Crippen LogP contribution < -0.4 is 4.72 Å². The van der Waals surface area contributed by atoms with Gasteiger partial charge in [-0.15, -0.1) is 0 Å². The number of hydrogen-bond donors (Lipinski definition) is 1. The third kappa shape index (κ3) is 3.58. The van der Waals surface area contributed by atoms with Gasteiger partial charge in [0.15, 0.2) is 0 Å². The van der Waals surface area contributed by atoms with E-state index < -0.39 is 10.0 Å². The Morgan fingerprint density at radius 3 is 2.35 bits per heavy atom. The maximum Gasteiger partial charge on any atom is 0.241 e. The van der Waals surface area contributed by atoms with Crippen molar-refractivity contribution >= 4 is 33.2 Å². The van der Waals surface area contributed by atoms with Crippen LogP contribution in [0.25, 0.3) is 0 Å². The highest BCUT2D eigenvalue weighted by molar-refractivity contribution is 7.89. The summed E-state index contributed by atoms with van der Waals surface area (Å²) in [5.41, 5.74) is 0.579. The Morgan fingerprint density at radius 2 is 1.82 bits per heavy atom. The minimum absolute atomic E-state index is 0.117. The number of halogens is 2. The van der Waals surface area contributed by atoms with Crippen molar-refractivity contribution in [3.63, 3.8) is 0 Å². The fourth-order valence-electron chi connectivity index (χ4n) is 1.33. The molecule has 0 heterocycles. The van der Waals surface area contributed by atoms with E-state index in [-0.39, 0.29) is 16.0 Å². The van der Waals surface area contributed by atoms with Crippen LogP contribution in [0.15, 0.2) is 17.0 Å². The lowest BCUT2D eigenvalue weighted by atomic mass is 10.2. The van der Waals surface area contributed by atoms with Crippen LogP contribution in [0, 0.1) is 6.92 Å². The Morgan fingerprint density at radius 1 is 1.29 bits per heavy atom. The van der Waals surface area contributed by atoms with Crippen LogP contribution in [0.3, 0.4) is 0 Å². The highest BCUT2D eigenvalue weighted by Gasteiger charge is 2.20. The first kappa shape index (κ1) is 14.8. The Kier molecular flexibility index (Phi) is 4.84. The second-order valence-electron chi connectivity index (χ2n) is 3.96. The van der Waals surface area contributed by atoms with Crippen LogP contribution in [0.2, 0.25) is 10.0 Å². The van der Waals surface area contributed by atoms with Crippen LogP contribution in [-0.2, 0) is 10.0 Å². The van der Waals surface area contributed by atoms with Crippen molar-refractivity contribution in [2.75, 3.05) is 0 Å². The Hall–Kier alpha value is -0.290. The van der Waals surface area contributed by atoms with E-state index in [1.807, 2.05) is 13.8 Å². The van der Waals surface area contributed by atoms with Crippen molar-refractivity contribution in [3.05, 3.63) is 27.7 Å². The molecule has 3 nitrogen and oxygen atoms in total. The van der Waals surface area contributed by atoms with Crippen LogP contribution in [-0.4, -0.2) is 14.5 Å². The van der Waals surface area contributed by atoms with E-state index in [1.54, 1.807) is 13.0 Å². The molecule has 0 saturated heterocycles. The van der Waals surface area contributed by atoms with E-state index in [1.165, 1.54) is 6.07 Å². The molecule has 17 heavy (non-hydrogen) atoms. The van der Waals surface area contributed by atoms with Gasteiger partial charge in [0.1, 0.15) is 0 Å². The van der Waals surface area contributed by atoms with E-state index in [0.29, 0.717) is 10.6 Å². The molecule has 0 bridgehead atoms. The van der Waals surface area contributed by atoms with E-state index in [0.717, 1.165) is 6.42 Å². The lowest BCUT2D eigenvalue weighted by molar-refractivity contribution is 0.555. The largest absolute Gasteiger partial charge is 0.241 e. The van der Waals surface area contributed by atoms with Gasteiger partial charge in [0.2, 0.25) is 10.0 Å². The minimum Gasteiger partial charge on any atom is -0.208 e. The second-order valence-corrected chi connectivity index (χ2v) is 6.46. The molecular weight excluding hydrogens is 281 g/mol. The third-order valence-corrected chi connectivity index (χ3v) is 4.93. The zero-order valence-corrected chi connectivity index (χ0v) is 12.2. The molecule has 0 aliphatic heterocycles. The number of hydrogen-bond acceptors (Lipinski definition) is 2. The van der Waals surface area contributed by atoms with Gasteiger partial charge in [-0.1, -0.05) is 30.1 Å². The fraction of sp³-hybridized carbons (Fsp3) is 0.455. The zero-order chi connectivity index (χ0) is 13.2. The molecule has 0 aromatic heterocycles. The molecule has 1 aromatic rings. The predicted octanol–water partition coefficient (Wildman–Crippen LogP) is 3.38. The molecule has 1 N–H and O–H groups in total. The molecule has 0 aliphatic rings. The highest BCUT2D eigenvalue weighted by Crippen LogP contribution is 2.28. The third-order valence-electron chi connectivity index (χ3n) is 2.48. The van der Waals surface area contributed by atoms with E-state index in [9.17, 15) is 8.42 Å². The van der Waals surface area contributed by atoms with Gasteiger partial charge in [-0.25, -0.2) is 13.1 Å². The van der Waals surface area contributed by atoms with Crippen LogP contribution in [0.5, 0.6) is 0 Å². The maximum absolute atomic E-state index is 12.1. The van der Waals surface area contributed by atoms with Gasteiger partial charge < -0.3 is 0 Å². The van der Waals surface area contributed by atoms with Gasteiger partial charge in [0.25, 0.3) is 0 Å². The van der Waals surface area contributed by atoms with Crippen molar-refractivity contribution in [1.29, 1.82) is 0 Å². The molecule has 0 fully saturated rings. The average Bonchev–Trinajstić information content (AvgIpc) is 2.22. The molecule has 6 heteroatoms. The maximum atomic E-state index is 12.1. The molecule has 1 rings (SSSR count). The van der Waals surface area contributed by atoms with Crippen LogP contribution in [0.1, 0.15) is 25.8 Å². The summed E-state index contributed by atoms with van der Waals surface area (Å²) >= 11 is 11.7. The van der Waals surface area contributed by atoms with Crippen molar-refractivity contribution in [2.45, 2.75) is 38.1 Å². The second kappa shape index (κ2) is 5.57. The summed E-state index contributed by atoms with van der Waals surface area (Å²) < 4.78 is 26.7. The van der Waals surface area contributed by atoms with Crippen molar-refractivity contribution in [3.8, 4) is 0 Å². The van der Waals surface area contributed by atoms with Crippen molar-refractivity contribution in [2.24, 2.45) is 0 Å². The van der Waals surface area contributed by atoms with Crippen LogP contribution >= 0.6 is 23.2 Å². The molecule has 0 saturated carbocycles. The summed E-state index contributed by atoms with van der Waals surface area (Å²) in [5, 5.41) is 0.591. The topological polar surface area (TPSA) is 46.2 Å². The Balaban J connectivity index is 3.20. The van der Waals surface area contributed by atoms with Crippen LogP contribution in [0.4, 0.5) is 0 Å². The molecule has 1 aromatic carbocycles. The minimum atomic E-state index is -3.53. The molecule has 0 amide bonds. The molecule has 1 atom stereocenters. The standard InChI is InChI=1S/C11H15Cl2NO2S/c1-4-8(3)14-17(15,16)11-6-10(13)9(12)5-7(11)2/h5-6,8,14H,4H2,1-3H3/t8-/m0/s1. The van der Waals surface area contributed by atoms with E-state index >= 15 is 0 Å². The van der Waals surface area contributed by atoms with E-state index in [2.05, 4.69) is 4.72 Å². The van der Waals surface area contributed by atoms with Crippen molar-refractivity contribution < 1.29 is 8.42 Å². The van der Waals surface area contributed by atoms with Gasteiger partial charge in [-0.05, 0) is 38.0 Å². The van der Waals surface area contributed by atoms with Gasteiger partial charge in [-0.2, -0.15) is 0 Å².